The quantitative estimate of drug-likeness (QED) is 0.354. The number of benzene rings is 1. The lowest BCUT2D eigenvalue weighted by atomic mass is 9.85. The molecule has 2 saturated heterocycles. The number of amides is 3. The first-order valence-electron chi connectivity index (χ1n) is 15.2. The molecule has 3 fully saturated rings. The number of β-amino-alcohol motifs (C(OH)–C–C–N with tert-alkyl or cyclic N) is 1. The van der Waals surface area contributed by atoms with Crippen molar-refractivity contribution in [2.45, 2.75) is 50.6 Å². The second-order valence-corrected chi connectivity index (χ2v) is 12.5. The van der Waals surface area contributed by atoms with Crippen molar-refractivity contribution in [2.24, 2.45) is 13.0 Å². The molecular formula is C30H34ClF3N8O4. The fourth-order valence-electron chi connectivity index (χ4n) is 6.10. The third-order valence-corrected chi connectivity index (χ3v) is 9.22. The predicted molar refractivity (Wildman–Crippen MR) is 161 cm³/mol. The Morgan fingerprint density at radius 3 is 2.46 bits per heavy atom. The number of rotatable bonds is 7. The number of halogens is 4. The lowest BCUT2D eigenvalue weighted by Gasteiger charge is -2.36. The number of nitrogens with one attached hydrogen (secondary N) is 2. The molecular weight excluding hydrogens is 629 g/mol. The molecule has 4 heterocycles. The van der Waals surface area contributed by atoms with Gasteiger partial charge in [-0.15, -0.1) is 0 Å². The Kier molecular flexibility index (Phi) is 8.83. The van der Waals surface area contributed by atoms with E-state index < -0.39 is 29.9 Å². The smallest absolute Gasteiger partial charge is 0.392 e. The van der Waals surface area contributed by atoms with E-state index in [1.54, 1.807) is 9.80 Å². The minimum Gasteiger partial charge on any atom is -0.392 e. The average molecular weight is 663 g/mol. The van der Waals surface area contributed by atoms with Crippen molar-refractivity contribution in [3.8, 4) is 11.3 Å². The maximum absolute atomic E-state index is 13.9. The number of alkyl halides is 3. The molecule has 6 rings (SSSR count). The summed E-state index contributed by atoms with van der Waals surface area (Å²) in [4.78, 5) is 46.4. The van der Waals surface area contributed by atoms with Gasteiger partial charge in [-0.25, -0.2) is 4.98 Å². The maximum Gasteiger partial charge on any atom is 0.435 e. The average Bonchev–Trinajstić information content (AvgIpc) is 3.72. The van der Waals surface area contributed by atoms with Gasteiger partial charge in [0, 0.05) is 58.2 Å². The first kappa shape index (κ1) is 32.0. The number of carbonyl (C=O) groups excluding carboxylic acids is 3. The van der Waals surface area contributed by atoms with Crippen LogP contribution in [0.5, 0.6) is 0 Å². The van der Waals surface area contributed by atoms with E-state index in [1.807, 2.05) is 0 Å². The van der Waals surface area contributed by atoms with Crippen LogP contribution in [0.3, 0.4) is 0 Å². The highest BCUT2D eigenvalue weighted by Gasteiger charge is 2.39. The van der Waals surface area contributed by atoms with Crippen molar-refractivity contribution in [2.75, 3.05) is 38.0 Å². The number of hydrogen-bond acceptors (Lipinski definition) is 7. The van der Waals surface area contributed by atoms with Gasteiger partial charge in [-0.1, -0.05) is 18.0 Å². The van der Waals surface area contributed by atoms with E-state index >= 15 is 0 Å². The largest absolute Gasteiger partial charge is 0.435 e. The van der Waals surface area contributed by atoms with Crippen LogP contribution in [0.2, 0.25) is 5.02 Å². The lowest BCUT2D eigenvalue weighted by Crippen LogP contribution is -2.54. The van der Waals surface area contributed by atoms with Crippen LogP contribution in [0.25, 0.3) is 11.3 Å². The number of anilines is 1. The molecule has 46 heavy (non-hydrogen) atoms. The zero-order valence-electron chi connectivity index (χ0n) is 25.1. The van der Waals surface area contributed by atoms with Crippen LogP contribution >= 0.6 is 11.6 Å². The molecule has 12 nitrogen and oxygen atoms in total. The Morgan fingerprint density at radius 2 is 1.85 bits per heavy atom. The highest BCUT2D eigenvalue weighted by Crippen LogP contribution is 2.37. The summed E-state index contributed by atoms with van der Waals surface area (Å²) in [6.45, 7) is 2.09. The molecule has 3 amide bonds. The van der Waals surface area contributed by atoms with E-state index in [0.717, 1.165) is 19.3 Å². The number of aliphatic hydroxyl groups excluding tert-OH is 1. The standard InChI is InChI=1S/C30H34ClF3N8O4/c1-39-24(21-16-42(15-17-3-2-4-17)38-25(21)30(32,33)34)14-36-26(39)27(44)37-18-5-6-20(22(31)11-18)28(45)40-7-9-41(10-8-40)29(46)23-12-19(43)13-35-23/h5-6,11,14,16-17,19,23,35,43H,2-4,7-10,12-13,15H2,1H3,(H,37,44)/t19-,23+/m1/s1. The van der Waals surface area contributed by atoms with Gasteiger partial charge in [0.2, 0.25) is 5.91 Å². The van der Waals surface area contributed by atoms with E-state index in [2.05, 4.69) is 20.7 Å². The van der Waals surface area contributed by atoms with Crippen LogP contribution in [0.1, 0.15) is 52.4 Å². The van der Waals surface area contributed by atoms with Crippen molar-refractivity contribution in [1.29, 1.82) is 0 Å². The fraction of sp³-hybridized carbons (Fsp3) is 0.500. The molecule has 3 N–H and O–H groups in total. The lowest BCUT2D eigenvalue weighted by molar-refractivity contribution is -0.141. The molecule has 0 spiro atoms. The van der Waals surface area contributed by atoms with Crippen LogP contribution < -0.4 is 10.6 Å². The van der Waals surface area contributed by atoms with E-state index in [9.17, 15) is 32.7 Å². The van der Waals surface area contributed by atoms with Crippen LogP contribution in [0.15, 0.2) is 30.6 Å². The van der Waals surface area contributed by atoms with Gasteiger partial charge in [0.1, 0.15) is 0 Å². The summed E-state index contributed by atoms with van der Waals surface area (Å²) < 4.78 is 44.2. The first-order valence-corrected chi connectivity index (χ1v) is 15.5. The van der Waals surface area contributed by atoms with Crippen molar-refractivity contribution < 1.29 is 32.7 Å². The Labute approximate surface area is 267 Å². The molecule has 246 valence electrons. The fourth-order valence-corrected chi connectivity index (χ4v) is 6.36. The number of nitrogens with zero attached hydrogens (tertiary/aromatic N) is 6. The molecule has 0 bridgehead atoms. The summed E-state index contributed by atoms with van der Waals surface area (Å²) in [5, 5.41) is 19.3. The van der Waals surface area contributed by atoms with Gasteiger partial charge in [0.25, 0.3) is 11.8 Å². The van der Waals surface area contributed by atoms with Crippen LogP contribution in [-0.2, 0) is 24.6 Å². The summed E-state index contributed by atoms with van der Waals surface area (Å²) in [5.74, 6) is -0.921. The minimum absolute atomic E-state index is 0.0928. The molecule has 2 atom stereocenters. The number of piperazine rings is 1. The number of aliphatic hydroxyl groups is 1. The Bertz CT molecular complexity index is 1640. The third kappa shape index (κ3) is 6.48. The monoisotopic (exact) mass is 662 g/mol. The van der Waals surface area contributed by atoms with Crippen molar-refractivity contribution in [3.63, 3.8) is 0 Å². The number of hydrogen-bond donors (Lipinski definition) is 3. The molecule has 2 aromatic heterocycles. The molecule has 3 aliphatic rings. The molecule has 3 aromatic rings. The number of carbonyl (C=O) groups is 3. The molecule has 16 heteroatoms. The number of imidazole rings is 1. The van der Waals surface area contributed by atoms with Crippen LogP contribution in [0.4, 0.5) is 18.9 Å². The predicted octanol–water partition coefficient (Wildman–Crippen LogP) is 3.02. The summed E-state index contributed by atoms with van der Waals surface area (Å²) >= 11 is 6.45. The summed E-state index contributed by atoms with van der Waals surface area (Å²) in [6.07, 6.45) is 0.662. The van der Waals surface area contributed by atoms with Crippen molar-refractivity contribution in [1.82, 2.24) is 34.4 Å². The topological polar surface area (TPSA) is 138 Å². The van der Waals surface area contributed by atoms with Gasteiger partial charge in [-0.05, 0) is 43.4 Å². The van der Waals surface area contributed by atoms with Gasteiger partial charge in [-0.2, -0.15) is 18.3 Å². The highest BCUT2D eigenvalue weighted by atomic mass is 35.5. The van der Waals surface area contributed by atoms with Gasteiger partial charge in [0.05, 0.1) is 40.2 Å². The highest BCUT2D eigenvalue weighted by molar-refractivity contribution is 6.34. The molecule has 0 radical (unpaired) electrons. The van der Waals surface area contributed by atoms with Crippen LogP contribution in [0, 0.1) is 5.92 Å². The van der Waals surface area contributed by atoms with E-state index in [4.69, 9.17) is 11.6 Å². The first-order chi connectivity index (χ1) is 21.9. The summed E-state index contributed by atoms with van der Waals surface area (Å²) in [7, 11) is 1.45. The molecule has 2 aliphatic heterocycles. The normalized spacial score (nSPS) is 20.6. The van der Waals surface area contributed by atoms with Crippen molar-refractivity contribution in [3.05, 3.63) is 52.7 Å². The third-order valence-electron chi connectivity index (χ3n) is 8.91. The molecule has 0 unspecified atom stereocenters. The Morgan fingerprint density at radius 1 is 1.13 bits per heavy atom. The van der Waals surface area contributed by atoms with Crippen molar-refractivity contribution >= 4 is 35.0 Å². The minimum atomic E-state index is -4.69. The van der Waals surface area contributed by atoms with Gasteiger partial charge in [0.15, 0.2) is 11.5 Å². The molecule has 1 aliphatic carbocycles. The second kappa shape index (κ2) is 12.7. The maximum atomic E-state index is 13.9. The Balaban J connectivity index is 1.10. The SMILES string of the molecule is Cn1c(-c2cn(CC3CCC3)nc2C(F)(F)F)cnc1C(=O)Nc1ccc(C(=O)N2CCN(C(=O)[C@@H]3C[C@@H](O)CN3)CC2)c(Cl)c1. The zero-order chi connectivity index (χ0) is 32.7. The van der Waals surface area contributed by atoms with Gasteiger partial charge < -0.3 is 30.1 Å². The van der Waals surface area contributed by atoms with E-state index in [-0.39, 0.29) is 45.2 Å². The van der Waals surface area contributed by atoms with E-state index in [1.165, 1.54) is 46.9 Å². The summed E-state index contributed by atoms with van der Waals surface area (Å²) in [6, 6.07) is 3.98. The van der Waals surface area contributed by atoms with Gasteiger partial charge >= 0.3 is 6.18 Å². The van der Waals surface area contributed by atoms with Crippen LogP contribution in [-0.4, -0.2) is 96.8 Å². The number of aromatic nitrogens is 4. The Hall–Kier alpha value is -3.95. The molecule has 1 saturated carbocycles. The second-order valence-electron chi connectivity index (χ2n) is 12.1. The van der Waals surface area contributed by atoms with Gasteiger partial charge in [-0.3, -0.25) is 19.1 Å². The zero-order valence-corrected chi connectivity index (χ0v) is 25.8. The van der Waals surface area contributed by atoms with E-state index in [0.29, 0.717) is 51.6 Å². The summed E-state index contributed by atoms with van der Waals surface area (Å²) in [5.41, 5.74) is -0.617. The molecule has 1 aromatic carbocycles.